The van der Waals surface area contributed by atoms with Crippen molar-refractivity contribution in [3.8, 4) is 0 Å². The summed E-state index contributed by atoms with van der Waals surface area (Å²) in [5.41, 5.74) is 2.17. The first-order valence-electron chi connectivity index (χ1n) is 10.1. The Labute approximate surface area is 178 Å². The Balaban J connectivity index is 1.44. The molecule has 1 unspecified atom stereocenters. The van der Waals surface area contributed by atoms with Gasteiger partial charge < -0.3 is 15.4 Å². The summed E-state index contributed by atoms with van der Waals surface area (Å²) in [4.78, 5) is 11.3. The van der Waals surface area contributed by atoms with Gasteiger partial charge in [-0.2, -0.15) is 0 Å². The van der Waals surface area contributed by atoms with E-state index < -0.39 is 0 Å². The number of benzene rings is 1. The molecule has 1 aromatic heterocycles. The molecule has 7 heteroatoms. The highest BCUT2D eigenvalue weighted by atomic mass is 35.5. The zero-order valence-corrected chi connectivity index (χ0v) is 17.9. The van der Waals surface area contributed by atoms with E-state index in [0.29, 0.717) is 17.6 Å². The van der Waals surface area contributed by atoms with Crippen LogP contribution in [0.1, 0.15) is 30.2 Å². The number of ether oxygens (including phenoxy) is 1. The molecule has 1 saturated heterocycles. The molecule has 0 aliphatic carbocycles. The lowest BCUT2D eigenvalue weighted by Crippen LogP contribution is -2.49. The van der Waals surface area contributed by atoms with Gasteiger partial charge in [-0.25, -0.2) is 0 Å². The number of piperidine rings is 1. The van der Waals surface area contributed by atoms with Crippen molar-refractivity contribution in [3.63, 3.8) is 0 Å². The Bertz CT molecular complexity index is 778. The van der Waals surface area contributed by atoms with Gasteiger partial charge in [0.15, 0.2) is 5.96 Å². The van der Waals surface area contributed by atoms with Gasteiger partial charge in [-0.15, -0.1) is 0 Å². The number of hydrogen-bond acceptors (Lipinski definition) is 4. The molecule has 1 aliphatic rings. The molecule has 1 atom stereocenters. The first-order chi connectivity index (χ1) is 14.2. The first kappa shape index (κ1) is 21.6. The van der Waals surface area contributed by atoms with Gasteiger partial charge in [-0.1, -0.05) is 29.8 Å². The fourth-order valence-electron chi connectivity index (χ4n) is 3.58. The van der Waals surface area contributed by atoms with Crippen LogP contribution in [0.4, 0.5) is 0 Å². The molecule has 1 aromatic carbocycles. The topological polar surface area (TPSA) is 61.8 Å². The minimum Gasteiger partial charge on any atom is -0.375 e. The number of rotatable bonds is 7. The summed E-state index contributed by atoms with van der Waals surface area (Å²) in [6.07, 6.45) is 3.92. The molecular formula is C22H30ClN5O. The normalized spacial score (nSPS) is 17.1. The van der Waals surface area contributed by atoms with Crippen LogP contribution in [-0.2, 0) is 11.3 Å². The highest BCUT2D eigenvalue weighted by Gasteiger charge is 2.21. The van der Waals surface area contributed by atoms with Crippen molar-refractivity contribution < 1.29 is 4.74 Å². The Kier molecular flexibility index (Phi) is 8.28. The van der Waals surface area contributed by atoms with Crippen molar-refractivity contribution in [2.75, 3.05) is 33.8 Å². The van der Waals surface area contributed by atoms with Crippen LogP contribution in [0.3, 0.4) is 0 Å². The largest absolute Gasteiger partial charge is 0.375 e. The molecule has 2 aromatic rings. The number of likely N-dealkylation sites (tertiary alicyclic amines) is 1. The molecule has 2 heterocycles. The number of hydrogen-bond donors (Lipinski definition) is 2. The smallest absolute Gasteiger partial charge is 0.191 e. The second-order valence-electron chi connectivity index (χ2n) is 7.25. The fourth-order valence-corrected chi connectivity index (χ4v) is 3.78. The van der Waals surface area contributed by atoms with E-state index >= 15 is 0 Å². The van der Waals surface area contributed by atoms with Crippen LogP contribution in [0, 0.1) is 0 Å². The van der Waals surface area contributed by atoms with Gasteiger partial charge in [-0.05, 0) is 42.7 Å². The standard InChI is InChI=1S/C22H30ClN5O/c1-24-22(26-15-21(29-2)17-6-5-7-18(23)14-17)27-19-9-12-28(13-10-19)16-20-8-3-4-11-25-20/h3-8,11,14,19,21H,9-10,12-13,15-16H2,1-2H3,(H2,24,26,27). The van der Waals surface area contributed by atoms with E-state index in [0.717, 1.165) is 49.7 Å². The van der Waals surface area contributed by atoms with Crippen LogP contribution in [0.5, 0.6) is 0 Å². The molecule has 2 N–H and O–H groups in total. The Morgan fingerprint density at radius 1 is 1.28 bits per heavy atom. The zero-order valence-electron chi connectivity index (χ0n) is 17.1. The molecule has 6 nitrogen and oxygen atoms in total. The molecule has 1 fully saturated rings. The maximum absolute atomic E-state index is 6.11. The fraction of sp³-hybridized carbons (Fsp3) is 0.455. The summed E-state index contributed by atoms with van der Waals surface area (Å²) in [6, 6.07) is 14.3. The second kappa shape index (κ2) is 11.1. The molecule has 0 saturated carbocycles. The number of nitrogens with one attached hydrogen (secondary N) is 2. The van der Waals surface area contributed by atoms with Gasteiger partial charge in [-0.3, -0.25) is 14.9 Å². The maximum atomic E-state index is 6.11. The van der Waals surface area contributed by atoms with Crippen molar-refractivity contribution in [1.29, 1.82) is 0 Å². The van der Waals surface area contributed by atoms with Gasteiger partial charge in [0.1, 0.15) is 0 Å². The summed E-state index contributed by atoms with van der Waals surface area (Å²) < 4.78 is 5.63. The third-order valence-corrected chi connectivity index (χ3v) is 5.46. The van der Waals surface area contributed by atoms with Crippen LogP contribution in [0.2, 0.25) is 5.02 Å². The Morgan fingerprint density at radius 2 is 2.10 bits per heavy atom. The number of aromatic nitrogens is 1. The third-order valence-electron chi connectivity index (χ3n) is 5.22. The van der Waals surface area contributed by atoms with E-state index in [1.165, 1.54) is 0 Å². The highest BCUT2D eigenvalue weighted by Crippen LogP contribution is 2.20. The van der Waals surface area contributed by atoms with E-state index in [4.69, 9.17) is 16.3 Å². The van der Waals surface area contributed by atoms with Crippen LogP contribution >= 0.6 is 11.6 Å². The third kappa shape index (κ3) is 6.70. The monoisotopic (exact) mass is 415 g/mol. The highest BCUT2D eigenvalue weighted by molar-refractivity contribution is 6.30. The summed E-state index contributed by atoms with van der Waals surface area (Å²) in [5.74, 6) is 0.803. The van der Waals surface area contributed by atoms with Gasteiger partial charge >= 0.3 is 0 Å². The molecule has 0 radical (unpaired) electrons. The molecule has 3 rings (SSSR count). The molecular weight excluding hydrogens is 386 g/mol. The van der Waals surface area contributed by atoms with Crippen molar-refractivity contribution >= 4 is 17.6 Å². The molecule has 29 heavy (non-hydrogen) atoms. The molecule has 156 valence electrons. The predicted octanol–water partition coefficient (Wildman–Crippen LogP) is 3.25. The van der Waals surface area contributed by atoms with Crippen molar-refractivity contribution in [2.24, 2.45) is 4.99 Å². The van der Waals surface area contributed by atoms with Crippen LogP contribution in [0.15, 0.2) is 53.7 Å². The molecule has 0 bridgehead atoms. The van der Waals surface area contributed by atoms with E-state index in [-0.39, 0.29) is 6.10 Å². The number of nitrogens with zero attached hydrogens (tertiary/aromatic N) is 3. The number of halogens is 1. The molecule has 1 aliphatic heterocycles. The summed E-state index contributed by atoms with van der Waals surface area (Å²) in [5, 5.41) is 7.64. The Hall–Kier alpha value is -2.15. The van der Waals surface area contributed by atoms with Crippen LogP contribution in [0.25, 0.3) is 0 Å². The quantitative estimate of drug-likeness (QED) is 0.537. The Morgan fingerprint density at radius 3 is 2.76 bits per heavy atom. The van der Waals surface area contributed by atoms with E-state index in [1.807, 2.05) is 42.6 Å². The van der Waals surface area contributed by atoms with E-state index in [9.17, 15) is 0 Å². The average Bonchev–Trinajstić information content (AvgIpc) is 2.75. The lowest BCUT2D eigenvalue weighted by molar-refractivity contribution is 0.106. The van der Waals surface area contributed by atoms with Crippen molar-refractivity contribution in [2.45, 2.75) is 31.5 Å². The summed E-state index contributed by atoms with van der Waals surface area (Å²) in [7, 11) is 3.51. The predicted molar refractivity (Wildman–Crippen MR) is 118 cm³/mol. The van der Waals surface area contributed by atoms with Gasteiger partial charge in [0.2, 0.25) is 0 Å². The number of methoxy groups -OCH3 is 1. The average molecular weight is 416 g/mol. The maximum Gasteiger partial charge on any atom is 0.191 e. The van der Waals surface area contributed by atoms with Crippen molar-refractivity contribution in [1.82, 2.24) is 20.5 Å². The minimum absolute atomic E-state index is 0.0903. The van der Waals surface area contributed by atoms with Gasteiger partial charge in [0.05, 0.1) is 11.8 Å². The SMILES string of the molecule is CN=C(NCC(OC)c1cccc(Cl)c1)NC1CCN(Cc2ccccn2)CC1. The van der Waals surface area contributed by atoms with Gasteiger partial charge in [0.25, 0.3) is 0 Å². The van der Waals surface area contributed by atoms with Crippen molar-refractivity contribution in [3.05, 3.63) is 64.9 Å². The number of guanidine groups is 1. The number of pyridine rings is 1. The van der Waals surface area contributed by atoms with Gasteiger partial charge in [0, 0.05) is 57.6 Å². The van der Waals surface area contributed by atoms with E-state index in [2.05, 4.69) is 31.6 Å². The lowest BCUT2D eigenvalue weighted by Gasteiger charge is -2.33. The number of aliphatic imine (C=N–C) groups is 1. The first-order valence-corrected chi connectivity index (χ1v) is 10.4. The second-order valence-corrected chi connectivity index (χ2v) is 7.68. The minimum atomic E-state index is -0.0903. The van der Waals surface area contributed by atoms with E-state index in [1.54, 1.807) is 14.2 Å². The zero-order chi connectivity index (χ0) is 20.5. The molecule has 0 spiro atoms. The van der Waals surface area contributed by atoms with Crippen LogP contribution in [-0.4, -0.2) is 55.7 Å². The summed E-state index contributed by atoms with van der Waals surface area (Å²) >= 11 is 6.11. The summed E-state index contributed by atoms with van der Waals surface area (Å²) in [6.45, 7) is 3.63. The molecule has 0 amide bonds. The van der Waals surface area contributed by atoms with Crippen LogP contribution < -0.4 is 10.6 Å². The lowest BCUT2D eigenvalue weighted by atomic mass is 10.0.